The highest BCUT2D eigenvalue weighted by Crippen LogP contribution is 2.38. The van der Waals surface area contributed by atoms with Gasteiger partial charge in [0.15, 0.2) is 11.6 Å². The third-order valence-electron chi connectivity index (χ3n) is 4.28. The number of aldehydes is 1. The average Bonchev–Trinajstić information content (AvgIpc) is 2.78. The molecular weight excluding hydrogens is 625 g/mol. The summed E-state index contributed by atoms with van der Waals surface area (Å²) in [5, 5.41) is 41.8. The van der Waals surface area contributed by atoms with E-state index in [0.717, 1.165) is 18.0 Å². The van der Waals surface area contributed by atoms with E-state index >= 15 is 0 Å². The second kappa shape index (κ2) is 20.7. The molecule has 0 radical (unpaired) electrons. The molecule has 39 heavy (non-hydrogen) atoms. The van der Waals surface area contributed by atoms with Crippen molar-refractivity contribution in [3.63, 3.8) is 0 Å². The Balaban J connectivity index is -0.000000601. The summed E-state index contributed by atoms with van der Waals surface area (Å²) in [5.74, 6) is -1.07. The Bertz CT molecular complexity index is 791. The first-order valence-electron chi connectivity index (χ1n) is 11.6. The minimum Gasteiger partial charge on any atom is -0.480 e. The van der Waals surface area contributed by atoms with Crippen LogP contribution in [0.15, 0.2) is 0 Å². The molecule has 228 valence electrons. The number of thioether (sulfide) groups is 4. The van der Waals surface area contributed by atoms with Crippen LogP contribution in [0.5, 0.6) is 0 Å². The predicted molar refractivity (Wildman–Crippen MR) is 173 cm³/mol. The van der Waals surface area contributed by atoms with Gasteiger partial charge in [0.1, 0.15) is 18.1 Å². The summed E-state index contributed by atoms with van der Waals surface area (Å²) < 4.78 is -2.01. The molecule has 15 heteroatoms. The molecule has 0 fully saturated rings. The maximum atomic E-state index is 11.9. The van der Waals surface area contributed by atoms with Crippen LogP contribution in [-0.2, 0) is 19.2 Å². The molecule has 0 spiro atoms. The standard InChI is InChI=1S/C13H22O4S3.C9H14O3S3.C2H6O2/c1-12(2,9(16)5-7-14)19-11(18)20-13(3,4)10(17)6-8-15;1-8(2,5-10)14-7(13)15-9(3,4)6(11)12;3-1-2-4/h14-15H,5-8H2,1-4H3;5H,1-4H3,(H,11,12);3-4H,1-2H2. The number of rotatable bonds is 13. The molecule has 9 nitrogen and oxygen atoms in total. The number of aliphatic hydroxyl groups is 4. The van der Waals surface area contributed by atoms with Gasteiger partial charge in [-0.3, -0.25) is 14.4 Å². The second-order valence-corrected chi connectivity index (χ2v) is 18.6. The molecule has 0 bridgehead atoms. The van der Waals surface area contributed by atoms with Gasteiger partial charge in [-0.2, -0.15) is 0 Å². The summed E-state index contributed by atoms with van der Waals surface area (Å²) in [6.07, 6.45) is 0.999. The molecule has 0 heterocycles. The lowest BCUT2D eigenvalue weighted by Gasteiger charge is -2.26. The largest absolute Gasteiger partial charge is 0.480 e. The number of aliphatic hydroxyl groups excluding tert-OH is 4. The van der Waals surface area contributed by atoms with E-state index in [1.807, 2.05) is 0 Å². The molecule has 0 atom stereocenters. The SMILES string of the molecule is CC(C)(C=O)SC(=S)SC(C)(C)C(=O)O.CC(C)(SC(=S)SC(C)(C)C(=O)CCO)C(=O)CCO.OCCO. The smallest absolute Gasteiger partial charge is 0.319 e. The number of carboxylic acids is 1. The molecule has 0 saturated heterocycles. The molecule has 0 rings (SSSR count). The van der Waals surface area contributed by atoms with E-state index in [2.05, 4.69) is 0 Å². The van der Waals surface area contributed by atoms with Crippen molar-refractivity contribution in [2.75, 3.05) is 26.4 Å². The monoisotopic (exact) mass is 666 g/mol. The van der Waals surface area contributed by atoms with Gasteiger partial charge in [-0.25, -0.2) is 0 Å². The van der Waals surface area contributed by atoms with Crippen molar-refractivity contribution in [1.29, 1.82) is 0 Å². The molecule has 0 amide bonds. The topological polar surface area (TPSA) is 169 Å². The van der Waals surface area contributed by atoms with Crippen LogP contribution in [0, 0.1) is 0 Å². The van der Waals surface area contributed by atoms with Crippen molar-refractivity contribution in [2.45, 2.75) is 87.2 Å². The number of carboxylic acid groups (broad SMARTS) is 1. The zero-order valence-corrected chi connectivity index (χ0v) is 28.5. The van der Waals surface area contributed by atoms with Gasteiger partial charge < -0.3 is 30.3 Å². The van der Waals surface area contributed by atoms with E-state index in [9.17, 15) is 19.2 Å². The minimum absolute atomic E-state index is 0.0764. The van der Waals surface area contributed by atoms with Gasteiger partial charge in [0, 0.05) is 12.8 Å². The number of thiocarbonyl (C=S) groups is 2. The number of aliphatic carboxylic acids is 1. The van der Waals surface area contributed by atoms with E-state index in [1.54, 1.807) is 55.4 Å². The highest BCUT2D eigenvalue weighted by Gasteiger charge is 2.34. The highest BCUT2D eigenvalue weighted by molar-refractivity contribution is 8.48. The fraction of sp³-hybridized carbons (Fsp3) is 0.750. The third-order valence-corrected chi connectivity index (χ3v) is 9.73. The third kappa shape index (κ3) is 21.3. The zero-order chi connectivity index (χ0) is 31.7. The summed E-state index contributed by atoms with van der Waals surface area (Å²) in [5.41, 5.74) is 0. The maximum Gasteiger partial charge on any atom is 0.319 e. The lowest BCUT2D eigenvalue weighted by Crippen LogP contribution is -2.32. The number of carbonyl (C=O) groups is 4. The first-order chi connectivity index (χ1) is 17.6. The van der Waals surface area contributed by atoms with Crippen LogP contribution < -0.4 is 0 Å². The Morgan fingerprint density at radius 2 is 0.923 bits per heavy atom. The molecule has 0 aromatic heterocycles. The summed E-state index contributed by atoms with van der Waals surface area (Å²) in [4.78, 5) is 45.2. The summed E-state index contributed by atoms with van der Waals surface area (Å²) in [7, 11) is 0. The Morgan fingerprint density at radius 3 is 1.18 bits per heavy atom. The van der Waals surface area contributed by atoms with E-state index in [0.29, 0.717) is 7.06 Å². The van der Waals surface area contributed by atoms with Gasteiger partial charge in [0.05, 0.1) is 40.7 Å². The molecule has 0 saturated carbocycles. The van der Waals surface area contributed by atoms with Crippen LogP contribution >= 0.6 is 71.5 Å². The minimum atomic E-state index is -0.955. The summed E-state index contributed by atoms with van der Waals surface area (Å²) >= 11 is 15.1. The molecule has 0 aromatic carbocycles. The first-order valence-corrected chi connectivity index (χ1v) is 15.7. The van der Waals surface area contributed by atoms with Crippen molar-refractivity contribution in [3.05, 3.63) is 0 Å². The summed E-state index contributed by atoms with van der Waals surface area (Å²) in [6, 6.07) is 0. The Kier molecular flexibility index (Phi) is 23.0. The number of Topliss-reactive ketones (excluding diaryl/α,β-unsaturated/α-hetero) is 2. The van der Waals surface area contributed by atoms with Crippen molar-refractivity contribution < 1.29 is 44.7 Å². The highest BCUT2D eigenvalue weighted by atomic mass is 32.2. The average molecular weight is 667 g/mol. The normalized spacial score (nSPS) is 11.8. The van der Waals surface area contributed by atoms with E-state index in [1.165, 1.54) is 35.3 Å². The fourth-order valence-electron chi connectivity index (χ4n) is 1.87. The van der Waals surface area contributed by atoms with Crippen LogP contribution in [0.25, 0.3) is 0 Å². The Morgan fingerprint density at radius 1 is 0.615 bits per heavy atom. The van der Waals surface area contributed by atoms with E-state index in [-0.39, 0.29) is 50.8 Å². The van der Waals surface area contributed by atoms with Crippen LogP contribution in [0.1, 0.15) is 68.2 Å². The number of hydrogen-bond donors (Lipinski definition) is 5. The Labute approximate surface area is 259 Å². The van der Waals surface area contributed by atoms with Crippen molar-refractivity contribution in [1.82, 2.24) is 0 Å². The van der Waals surface area contributed by atoms with Gasteiger partial charge in [0.25, 0.3) is 0 Å². The van der Waals surface area contributed by atoms with Crippen LogP contribution in [0.2, 0.25) is 0 Å². The van der Waals surface area contributed by atoms with Crippen LogP contribution in [0.4, 0.5) is 0 Å². The van der Waals surface area contributed by atoms with Crippen molar-refractivity contribution >= 4 is 102 Å². The molecule has 5 N–H and O–H groups in total. The molecular formula is C24H42O9S6. The molecule has 0 aliphatic rings. The van der Waals surface area contributed by atoms with Gasteiger partial charge in [-0.05, 0) is 55.4 Å². The lowest BCUT2D eigenvalue weighted by atomic mass is 10.1. The number of hydrogen-bond acceptors (Lipinski definition) is 14. The van der Waals surface area contributed by atoms with Crippen LogP contribution in [-0.4, -0.2) is 102 Å². The van der Waals surface area contributed by atoms with Gasteiger partial charge in [0.2, 0.25) is 0 Å². The first kappa shape index (κ1) is 43.4. The van der Waals surface area contributed by atoms with Crippen LogP contribution in [0.3, 0.4) is 0 Å². The van der Waals surface area contributed by atoms with E-state index in [4.69, 9.17) is 50.0 Å². The number of carbonyl (C=O) groups excluding carboxylic acids is 3. The molecule has 0 aromatic rings. The van der Waals surface area contributed by atoms with Gasteiger partial charge in [-0.1, -0.05) is 71.5 Å². The van der Waals surface area contributed by atoms with Gasteiger partial charge >= 0.3 is 5.97 Å². The Hall–Kier alpha value is -0.100. The molecule has 0 aliphatic carbocycles. The lowest BCUT2D eigenvalue weighted by molar-refractivity contribution is -0.138. The maximum absolute atomic E-state index is 11.9. The van der Waals surface area contributed by atoms with Crippen molar-refractivity contribution in [3.8, 4) is 0 Å². The van der Waals surface area contributed by atoms with Crippen molar-refractivity contribution in [2.24, 2.45) is 0 Å². The molecule has 0 aliphatic heterocycles. The predicted octanol–water partition coefficient (Wildman–Crippen LogP) is 3.75. The summed E-state index contributed by atoms with van der Waals surface area (Å²) in [6.45, 7) is 13.1. The van der Waals surface area contributed by atoms with Gasteiger partial charge in [-0.15, -0.1) is 0 Å². The van der Waals surface area contributed by atoms with E-state index < -0.39 is 25.0 Å². The zero-order valence-electron chi connectivity index (χ0n) is 23.6. The fourth-order valence-corrected chi connectivity index (χ4v) is 9.49. The quantitative estimate of drug-likeness (QED) is 0.142. The number of ketones is 2. The molecule has 0 unspecified atom stereocenters. The second-order valence-electron chi connectivity index (χ2n) is 9.71.